The third kappa shape index (κ3) is 3.99. The molecule has 1 aliphatic rings. The average molecular weight is 354 g/mol. The molecule has 1 aromatic carbocycles. The zero-order valence-corrected chi connectivity index (χ0v) is 15.2. The molecule has 8 heteroatoms. The first kappa shape index (κ1) is 17.9. The number of nitrogens with zero attached hydrogens (tertiary/aromatic N) is 6. The van der Waals surface area contributed by atoms with Crippen LogP contribution in [0.2, 0.25) is 0 Å². The molecule has 1 atom stereocenters. The van der Waals surface area contributed by atoms with Crippen LogP contribution in [0.3, 0.4) is 0 Å². The standard InChI is InChI=1S/C18H22N6O2/c1-18(2,3)26-17(25)23-10-5-4-9-15(23)16-20-22-24(21-16)14-8-6-7-13(11-14)12-19/h6-8,11,15H,4-5,9-10H2,1-3H3/t15-/m1/s1. The van der Waals surface area contributed by atoms with Crippen LogP contribution in [-0.2, 0) is 4.74 Å². The highest BCUT2D eigenvalue weighted by Crippen LogP contribution is 2.30. The van der Waals surface area contributed by atoms with E-state index < -0.39 is 5.60 Å². The fraction of sp³-hybridized carbons (Fsp3) is 0.500. The Kier molecular flexibility index (Phi) is 4.89. The second-order valence-corrected chi connectivity index (χ2v) is 7.28. The first-order chi connectivity index (χ1) is 12.4. The molecule has 0 N–H and O–H groups in total. The summed E-state index contributed by atoms with van der Waals surface area (Å²) in [5.41, 5.74) is 0.624. The van der Waals surface area contributed by atoms with Crippen molar-refractivity contribution in [3.8, 4) is 11.8 Å². The molecule has 0 saturated carbocycles. The predicted octanol–water partition coefficient (Wildman–Crippen LogP) is 3.00. The molecule has 0 unspecified atom stereocenters. The summed E-state index contributed by atoms with van der Waals surface area (Å²) in [5.74, 6) is 0.484. The third-order valence-corrected chi connectivity index (χ3v) is 4.06. The first-order valence-corrected chi connectivity index (χ1v) is 8.67. The number of likely N-dealkylation sites (tertiary alicyclic amines) is 1. The van der Waals surface area contributed by atoms with E-state index in [1.54, 1.807) is 29.2 Å². The van der Waals surface area contributed by atoms with Crippen LogP contribution in [0.4, 0.5) is 4.79 Å². The van der Waals surface area contributed by atoms with Crippen molar-refractivity contribution in [3.63, 3.8) is 0 Å². The van der Waals surface area contributed by atoms with E-state index in [1.165, 1.54) is 4.80 Å². The van der Waals surface area contributed by atoms with Gasteiger partial charge in [0.25, 0.3) is 0 Å². The molecule has 1 fully saturated rings. The molecule has 3 rings (SSSR count). The van der Waals surface area contributed by atoms with E-state index in [0.29, 0.717) is 23.6 Å². The van der Waals surface area contributed by atoms with Crippen LogP contribution >= 0.6 is 0 Å². The normalized spacial score (nSPS) is 17.6. The summed E-state index contributed by atoms with van der Waals surface area (Å²) in [4.78, 5) is 15.6. The monoisotopic (exact) mass is 354 g/mol. The van der Waals surface area contributed by atoms with Gasteiger partial charge in [-0.25, -0.2) is 4.79 Å². The maximum atomic E-state index is 12.5. The van der Waals surface area contributed by atoms with Gasteiger partial charge in [-0.15, -0.1) is 15.0 Å². The van der Waals surface area contributed by atoms with E-state index in [9.17, 15) is 4.79 Å². The molecule has 8 nitrogen and oxygen atoms in total. The maximum Gasteiger partial charge on any atom is 0.410 e. The highest BCUT2D eigenvalue weighted by Gasteiger charge is 2.34. The number of carbonyl (C=O) groups excluding carboxylic acids is 1. The van der Waals surface area contributed by atoms with Crippen molar-refractivity contribution in [2.75, 3.05) is 6.54 Å². The lowest BCUT2D eigenvalue weighted by Gasteiger charge is -2.35. The van der Waals surface area contributed by atoms with Crippen LogP contribution in [0.1, 0.15) is 57.5 Å². The molecule has 0 radical (unpaired) electrons. The summed E-state index contributed by atoms with van der Waals surface area (Å²) < 4.78 is 5.52. The quantitative estimate of drug-likeness (QED) is 0.822. The van der Waals surface area contributed by atoms with Crippen molar-refractivity contribution in [2.24, 2.45) is 0 Å². The fourth-order valence-corrected chi connectivity index (χ4v) is 2.91. The van der Waals surface area contributed by atoms with Gasteiger partial charge in [-0.1, -0.05) is 6.07 Å². The Labute approximate surface area is 152 Å². The largest absolute Gasteiger partial charge is 0.444 e. The number of amides is 1. The van der Waals surface area contributed by atoms with Crippen LogP contribution in [0.25, 0.3) is 5.69 Å². The molecular formula is C18H22N6O2. The molecule has 1 aromatic heterocycles. The van der Waals surface area contributed by atoms with E-state index in [2.05, 4.69) is 21.5 Å². The van der Waals surface area contributed by atoms with E-state index in [-0.39, 0.29) is 12.1 Å². The number of aromatic nitrogens is 4. The first-order valence-electron chi connectivity index (χ1n) is 8.67. The van der Waals surface area contributed by atoms with Gasteiger partial charge >= 0.3 is 6.09 Å². The van der Waals surface area contributed by atoms with Gasteiger partial charge in [0.2, 0.25) is 0 Å². The molecule has 0 aliphatic carbocycles. The van der Waals surface area contributed by atoms with E-state index >= 15 is 0 Å². The highest BCUT2D eigenvalue weighted by molar-refractivity contribution is 5.68. The average Bonchev–Trinajstić information content (AvgIpc) is 3.10. The Balaban J connectivity index is 1.84. The molecule has 1 saturated heterocycles. The van der Waals surface area contributed by atoms with Crippen molar-refractivity contribution in [2.45, 2.75) is 51.7 Å². The lowest BCUT2D eigenvalue weighted by molar-refractivity contribution is 0.00842. The second kappa shape index (κ2) is 7.12. The van der Waals surface area contributed by atoms with Crippen molar-refractivity contribution < 1.29 is 9.53 Å². The summed E-state index contributed by atoms with van der Waals surface area (Å²) in [6, 6.07) is 8.81. The van der Waals surface area contributed by atoms with Crippen molar-refractivity contribution in [3.05, 3.63) is 35.7 Å². The summed E-state index contributed by atoms with van der Waals surface area (Å²) in [6.45, 7) is 6.15. The zero-order valence-electron chi connectivity index (χ0n) is 15.2. The number of nitriles is 1. The van der Waals surface area contributed by atoms with Crippen LogP contribution < -0.4 is 0 Å². The van der Waals surface area contributed by atoms with Gasteiger partial charge in [-0.3, -0.25) is 4.90 Å². The molecule has 2 heterocycles. The lowest BCUT2D eigenvalue weighted by atomic mass is 10.0. The second-order valence-electron chi connectivity index (χ2n) is 7.28. The van der Waals surface area contributed by atoms with Crippen LogP contribution in [0.15, 0.2) is 24.3 Å². The molecule has 1 amide bonds. The minimum absolute atomic E-state index is 0.258. The SMILES string of the molecule is CC(C)(C)OC(=O)N1CCCC[C@@H]1c1nnn(-c2cccc(C#N)c2)n1. The van der Waals surface area contributed by atoms with Crippen molar-refractivity contribution in [1.29, 1.82) is 5.26 Å². The number of hydrogen-bond donors (Lipinski definition) is 0. The summed E-state index contributed by atoms with van der Waals surface area (Å²) in [7, 11) is 0. The number of carbonyl (C=O) groups is 1. The van der Waals surface area contributed by atoms with Gasteiger partial charge in [0.15, 0.2) is 5.82 Å². The highest BCUT2D eigenvalue weighted by atomic mass is 16.6. The van der Waals surface area contributed by atoms with Crippen LogP contribution in [0.5, 0.6) is 0 Å². The smallest absolute Gasteiger partial charge is 0.410 e. The predicted molar refractivity (Wildman–Crippen MR) is 93.4 cm³/mol. The maximum absolute atomic E-state index is 12.5. The molecule has 0 bridgehead atoms. The lowest BCUT2D eigenvalue weighted by Crippen LogP contribution is -2.42. The molecule has 2 aromatic rings. The number of ether oxygens (including phenoxy) is 1. The number of tetrazole rings is 1. The Hall–Kier alpha value is -2.95. The van der Waals surface area contributed by atoms with Gasteiger partial charge in [0, 0.05) is 6.54 Å². The molecule has 1 aliphatic heterocycles. The number of rotatable bonds is 2. The molecule has 26 heavy (non-hydrogen) atoms. The fourth-order valence-electron chi connectivity index (χ4n) is 2.91. The Bertz CT molecular complexity index is 833. The van der Waals surface area contributed by atoms with Crippen molar-refractivity contribution in [1.82, 2.24) is 25.1 Å². The Morgan fingerprint density at radius 1 is 1.35 bits per heavy atom. The molecule has 0 spiro atoms. The third-order valence-electron chi connectivity index (χ3n) is 4.06. The zero-order chi connectivity index (χ0) is 18.7. The number of hydrogen-bond acceptors (Lipinski definition) is 6. The van der Waals surface area contributed by atoms with Gasteiger partial charge in [-0.05, 0) is 63.4 Å². The van der Waals surface area contributed by atoms with E-state index in [1.807, 2.05) is 20.8 Å². The van der Waals surface area contributed by atoms with E-state index in [0.717, 1.165) is 19.3 Å². The molecule has 136 valence electrons. The van der Waals surface area contributed by atoms with Gasteiger partial charge in [-0.2, -0.15) is 5.26 Å². The minimum atomic E-state index is -0.554. The van der Waals surface area contributed by atoms with Crippen molar-refractivity contribution >= 4 is 6.09 Å². The summed E-state index contributed by atoms with van der Waals surface area (Å²) >= 11 is 0. The van der Waals surface area contributed by atoms with Crippen LogP contribution in [-0.4, -0.2) is 43.3 Å². The Morgan fingerprint density at radius 3 is 2.88 bits per heavy atom. The Morgan fingerprint density at radius 2 is 2.15 bits per heavy atom. The molecular weight excluding hydrogens is 332 g/mol. The topological polar surface area (TPSA) is 96.9 Å². The van der Waals surface area contributed by atoms with Crippen LogP contribution in [0, 0.1) is 11.3 Å². The van der Waals surface area contributed by atoms with Gasteiger partial charge in [0.1, 0.15) is 5.60 Å². The number of benzene rings is 1. The van der Waals surface area contributed by atoms with Gasteiger partial charge in [0.05, 0.1) is 23.4 Å². The summed E-state index contributed by atoms with van der Waals surface area (Å²) in [5, 5.41) is 21.7. The van der Waals surface area contributed by atoms with Gasteiger partial charge < -0.3 is 4.74 Å². The number of piperidine rings is 1. The van der Waals surface area contributed by atoms with E-state index in [4.69, 9.17) is 10.00 Å². The summed E-state index contributed by atoms with van der Waals surface area (Å²) in [6.07, 6.45) is 2.32. The minimum Gasteiger partial charge on any atom is -0.444 e.